The van der Waals surface area contributed by atoms with E-state index >= 15 is 0 Å². The first-order valence-corrected chi connectivity index (χ1v) is 5.99. The Morgan fingerprint density at radius 3 is 2.84 bits per heavy atom. The van der Waals surface area contributed by atoms with Crippen LogP contribution in [0.2, 0.25) is 0 Å². The minimum absolute atomic E-state index is 0.0252. The molecule has 0 spiro atoms. The molecule has 98 valence electrons. The molecule has 0 saturated heterocycles. The minimum atomic E-state index is -0.383. The van der Waals surface area contributed by atoms with E-state index in [4.69, 9.17) is 0 Å². The number of non-ortho nitro benzene ring substituents is 1. The molecule has 1 aromatic heterocycles. The molecule has 0 radical (unpaired) electrons. The molecule has 0 bridgehead atoms. The number of hydrogen-bond acceptors (Lipinski definition) is 4. The summed E-state index contributed by atoms with van der Waals surface area (Å²) in [6.45, 7) is 3.95. The SMILES string of the molecule is Cc1ccncc1NC(C)c1cccc([N+](=O)[O-])c1. The highest BCUT2D eigenvalue weighted by Crippen LogP contribution is 2.23. The van der Waals surface area contributed by atoms with Crippen molar-refractivity contribution in [2.75, 3.05) is 5.32 Å². The van der Waals surface area contributed by atoms with E-state index < -0.39 is 0 Å². The number of nitro benzene ring substituents is 1. The summed E-state index contributed by atoms with van der Waals surface area (Å²) >= 11 is 0. The molecule has 1 aromatic carbocycles. The molecule has 0 amide bonds. The summed E-state index contributed by atoms with van der Waals surface area (Å²) in [6, 6.07) is 8.54. The van der Waals surface area contributed by atoms with Gasteiger partial charge in [0, 0.05) is 24.4 Å². The fourth-order valence-corrected chi connectivity index (χ4v) is 1.84. The molecular weight excluding hydrogens is 242 g/mol. The highest BCUT2D eigenvalue weighted by Gasteiger charge is 2.11. The summed E-state index contributed by atoms with van der Waals surface area (Å²) in [7, 11) is 0. The third kappa shape index (κ3) is 3.07. The van der Waals surface area contributed by atoms with Gasteiger partial charge in [-0.15, -0.1) is 0 Å². The highest BCUT2D eigenvalue weighted by atomic mass is 16.6. The van der Waals surface area contributed by atoms with Crippen LogP contribution in [0.15, 0.2) is 42.7 Å². The number of benzene rings is 1. The number of rotatable bonds is 4. The van der Waals surface area contributed by atoms with Gasteiger partial charge in [-0.25, -0.2) is 0 Å². The first kappa shape index (κ1) is 13.0. The van der Waals surface area contributed by atoms with Gasteiger partial charge in [0.1, 0.15) is 0 Å². The summed E-state index contributed by atoms with van der Waals surface area (Å²) < 4.78 is 0. The Morgan fingerprint density at radius 1 is 1.37 bits per heavy atom. The van der Waals surface area contributed by atoms with Gasteiger partial charge in [-0.1, -0.05) is 12.1 Å². The molecule has 5 nitrogen and oxygen atoms in total. The second-order valence-electron chi connectivity index (χ2n) is 4.41. The average Bonchev–Trinajstić information content (AvgIpc) is 2.41. The first-order chi connectivity index (χ1) is 9.08. The van der Waals surface area contributed by atoms with E-state index in [0.717, 1.165) is 16.8 Å². The van der Waals surface area contributed by atoms with Crippen molar-refractivity contribution in [1.29, 1.82) is 0 Å². The summed E-state index contributed by atoms with van der Waals surface area (Å²) in [5.74, 6) is 0. The van der Waals surface area contributed by atoms with E-state index in [9.17, 15) is 10.1 Å². The van der Waals surface area contributed by atoms with Gasteiger partial charge in [0.05, 0.1) is 16.8 Å². The third-order valence-corrected chi connectivity index (χ3v) is 2.99. The monoisotopic (exact) mass is 257 g/mol. The van der Waals surface area contributed by atoms with Crippen LogP contribution in [0.4, 0.5) is 11.4 Å². The Bertz CT molecular complexity index is 599. The Morgan fingerprint density at radius 2 is 2.16 bits per heavy atom. The minimum Gasteiger partial charge on any atom is -0.377 e. The Balaban J connectivity index is 2.20. The van der Waals surface area contributed by atoms with Crippen LogP contribution >= 0.6 is 0 Å². The number of nitrogens with one attached hydrogen (secondary N) is 1. The van der Waals surface area contributed by atoms with Crippen molar-refractivity contribution < 1.29 is 4.92 Å². The fourth-order valence-electron chi connectivity index (χ4n) is 1.84. The van der Waals surface area contributed by atoms with Gasteiger partial charge in [-0.05, 0) is 31.0 Å². The van der Waals surface area contributed by atoms with Crippen molar-refractivity contribution in [1.82, 2.24) is 4.98 Å². The summed E-state index contributed by atoms with van der Waals surface area (Å²) in [4.78, 5) is 14.4. The normalized spacial score (nSPS) is 11.9. The van der Waals surface area contributed by atoms with E-state index in [1.807, 2.05) is 26.0 Å². The summed E-state index contributed by atoms with van der Waals surface area (Å²) in [5.41, 5.74) is 3.00. The van der Waals surface area contributed by atoms with Gasteiger partial charge in [-0.3, -0.25) is 15.1 Å². The Hall–Kier alpha value is -2.43. The van der Waals surface area contributed by atoms with Gasteiger partial charge in [0.25, 0.3) is 5.69 Å². The van der Waals surface area contributed by atoms with Crippen LogP contribution in [-0.2, 0) is 0 Å². The van der Waals surface area contributed by atoms with Crippen molar-refractivity contribution in [3.8, 4) is 0 Å². The number of aromatic nitrogens is 1. The third-order valence-electron chi connectivity index (χ3n) is 2.99. The molecule has 1 atom stereocenters. The van der Waals surface area contributed by atoms with Crippen LogP contribution < -0.4 is 5.32 Å². The second kappa shape index (κ2) is 5.48. The molecule has 2 rings (SSSR count). The van der Waals surface area contributed by atoms with Crippen molar-refractivity contribution in [3.05, 3.63) is 64.0 Å². The lowest BCUT2D eigenvalue weighted by Gasteiger charge is -2.16. The fraction of sp³-hybridized carbons (Fsp3) is 0.214. The number of nitro groups is 1. The van der Waals surface area contributed by atoms with E-state index in [1.54, 1.807) is 24.5 Å². The van der Waals surface area contributed by atoms with Gasteiger partial charge in [0.2, 0.25) is 0 Å². The lowest BCUT2D eigenvalue weighted by molar-refractivity contribution is -0.384. The number of pyridine rings is 1. The lowest BCUT2D eigenvalue weighted by atomic mass is 10.1. The highest BCUT2D eigenvalue weighted by molar-refractivity contribution is 5.50. The first-order valence-electron chi connectivity index (χ1n) is 5.99. The number of aryl methyl sites for hydroxylation is 1. The number of nitrogens with zero attached hydrogens (tertiary/aromatic N) is 2. The molecule has 0 aliphatic carbocycles. The second-order valence-corrected chi connectivity index (χ2v) is 4.41. The lowest BCUT2D eigenvalue weighted by Crippen LogP contribution is -2.08. The maximum Gasteiger partial charge on any atom is 0.269 e. The van der Waals surface area contributed by atoms with Crippen LogP contribution in [0.25, 0.3) is 0 Å². The maximum absolute atomic E-state index is 10.8. The molecule has 1 heterocycles. The average molecular weight is 257 g/mol. The largest absolute Gasteiger partial charge is 0.377 e. The van der Waals surface area contributed by atoms with Gasteiger partial charge < -0.3 is 5.32 Å². The standard InChI is InChI=1S/C14H15N3O2/c1-10-6-7-15-9-14(10)16-11(2)12-4-3-5-13(8-12)17(18)19/h3-9,11,16H,1-2H3. The smallest absolute Gasteiger partial charge is 0.269 e. The zero-order valence-corrected chi connectivity index (χ0v) is 10.8. The molecule has 5 heteroatoms. The molecule has 19 heavy (non-hydrogen) atoms. The zero-order valence-electron chi connectivity index (χ0n) is 10.8. The van der Waals surface area contributed by atoms with Crippen molar-refractivity contribution >= 4 is 11.4 Å². The molecule has 2 aromatic rings. The van der Waals surface area contributed by atoms with Crippen molar-refractivity contribution in [2.45, 2.75) is 19.9 Å². The quantitative estimate of drug-likeness (QED) is 0.672. The molecule has 0 aliphatic heterocycles. The molecular formula is C14H15N3O2. The summed E-state index contributed by atoms with van der Waals surface area (Å²) in [5, 5.41) is 14.1. The van der Waals surface area contributed by atoms with E-state index in [-0.39, 0.29) is 16.7 Å². The van der Waals surface area contributed by atoms with Gasteiger partial charge in [0.15, 0.2) is 0 Å². The Kier molecular flexibility index (Phi) is 3.75. The van der Waals surface area contributed by atoms with Crippen molar-refractivity contribution in [3.63, 3.8) is 0 Å². The van der Waals surface area contributed by atoms with Crippen LogP contribution in [0.3, 0.4) is 0 Å². The predicted molar refractivity (Wildman–Crippen MR) is 74.1 cm³/mol. The molecule has 0 aliphatic rings. The molecule has 0 saturated carbocycles. The van der Waals surface area contributed by atoms with Crippen LogP contribution in [-0.4, -0.2) is 9.91 Å². The molecule has 1 unspecified atom stereocenters. The molecule has 0 fully saturated rings. The van der Waals surface area contributed by atoms with Crippen molar-refractivity contribution in [2.24, 2.45) is 0 Å². The molecule has 1 N–H and O–H groups in total. The maximum atomic E-state index is 10.8. The van der Waals surface area contributed by atoms with E-state index in [2.05, 4.69) is 10.3 Å². The van der Waals surface area contributed by atoms with E-state index in [0.29, 0.717) is 0 Å². The topological polar surface area (TPSA) is 68.1 Å². The van der Waals surface area contributed by atoms with Gasteiger partial charge in [-0.2, -0.15) is 0 Å². The zero-order chi connectivity index (χ0) is 13.8. The van der Waals surface area contributed by atoms with E-state index in [1.165, 1.54) is 6.07 Å². The van der Waals surface area contributed by atoms with Crippen LogP contribution in [0.5, 0.6) is 0 Å². The predicted octanol–water partition coefficient (Wildman–Crippen LogP) is 3.47. The Labute approximate surface area is 111 Å². The van der Waals surface area contributed by atoms with Crippen LogP contribution in [0.1, 0.15) is 24.1 Å². The number of hydrogen-bond donors (Lipinski definition) is 1. The van der Waals surface area contributed by atoms with Gasteiger partial charge >= 0.3 is 0 Å². The summed E-state index contributed by atoms with van der Waals surface area (Å²) in [6.07, 6.45) is 3.49. The number of anilines is 1. The van der Waals surface area contributed by atoms with Crippen LogP contribution in [0, 0.1) is 17.0 Å².